The molecule has 0 radical (unpaired) electrons. The van der Waals surface area contributed by atoms with Crippen LogP contribution in [0.3, 0.4) is 0 Å². The van der Waals surface area contributed by atoms with E-state index in [1.807, 2.05) is 17.9 Å². The molecule has 0 aliphatic carbocycles. The van der Waals surface area contributed by atoms with Crippen LogP contribution in [-0.4, -0.2) is 16.3 Å². The summed E-state index contributed by atoms with van der Waals surface area (Å²) in [5.41, 5.74) is 1.28. The number of unbranched alkanes of at least 4 members (excludes halogenated alkanes) is 5. The maximum atomic E-state index is 4.19. The normalized spacial score (nSPS) is 12.9. The van der Waals surface area contributed by atoms with Gasteiger partial charge >= 0.3 is 0 Å². The molecule has 1 rings (SSSR count). The van der Waals surface area contributed by atoms with Gasteiger partial charge in [-0.05, 0) is 19.9 Å². The van der Waals surface area contributed by atoms with Crippen molar-refractivity contribution in [1.29, 1.82) is 0 Å². The summed E-state index contributed by atoms with van der Waals surface area (Å²) in [6.07, 6.45) is 12.2. The Bertz CT molecular complexity index is 293. The fraction of sp³-hybridized carbons (Fsp3) is 0.786. The summed E-state index contributed by atoms with van der Waals surface area (Å²) in [7, 11) is 1.96. The SMILES string of the molecule is CCCCCCCCNC(C)c1cnn(C)c1. The van der Waals surface area contributed by atoms with E-state index < -0.39 is 0 Å². The van der Waals surface area contributed by atoms with E-state index in [1.54, 1.807) is 0 Å². The minimum atomic E-state index is 0.416. The Kier molecular flexibility index (Phi) is 6.94. The smallest absolute Gasteiger partial charge is 0.0537 e. The van der Waals surface area contributed by atoms with E-state index >= 15 is 0 Å². The number of hydrogen-bond acceptors (Lipinski definition) is 2. The highest BCUT2D eigenvalue weighted by Gasteiger charge is 2.05. The van der Waals surface area contributed by atoms with Crippen LogP contribution in [0.15, 0.2) is 12.4 Å². The fourth-order valence-corrected chi connectivity index (χ4v) is 2.01. The molecule has 0 fully saturated rings. The molecule has 3 nitrogen and oxygen atoms in total. The lowest BCUT2D eigenvalue weighted by Gasteiger charge is -2.11. The van der Waals surface area contributed by atoms with E-state index in [-0.39, 0.29) is 0 Å². The van der Waals surface area contributed by atoms with Gasteiger partial charge in [0, 0.05) is 24.8 Å². The highest BCUT2D eigenvalue weighted by Crippen LogP contribution is 2.10. The first-order valence-corrected chi connectivity index (χ1v) is 6.96. The average molecular weight is 237 g/mol. The van der Waals surface area contributed by atoms with Gasteiger partial charge in [-0.1, -0.05) is 39.0 Å². The van der Waals surface area contributed by atoms with Crippen LogP contribution < -0.4 is 5.32 Å². The Hall–Kier alpha value is -0.830. The summed E-state index contributed by atoms with van der Waals surface area (Å²) in [4.78, 5) is 0. The maximum Gasteiger partial charge on any atom is 0.0537 e. The second-order valence-corrected chi connectivity index (χ2v) is 4.89. The topological polar surface area (TPSA) is 29.9 Å². The van der Waals surface area contributed by atoms with Crippen molar-refractivity contribution in [2.24, 2.45) is 7.05 Å². The van der Waals surface area contributed by atoms with Gasteiger partial charge in [0.05, 0.1) is 6.20 Å². The van der Waals surface area contributed by atoms with Crippen molar-refractivity contribution < 1.29 is 0 Å². The zero-order valence-corrected chi connectivity index (χ0v) is 11.6. The summed E-state index contributed by atoms with van der Waals surface area (Å²) in [5, 5.41) is 7.74. The molecular weight excluding hydrogens is 210 g/mol. The lowest BCUT2D eigenvalue weighted by molar-refractivity contribution is 0.527. The molecule has 0 aliphatic rings. The van der Waals surface area contributed by atoms with Gasteiger partial charge in [0.1, 0.15) is 0 Å². The first-order valence-electron chi connectivity index (χ1n) is 6.96. The van der Waals surface area contributed by atoms with Gasteiger partial charge in [0.15, 0.2) is 0 Å². The Labute approximate surface area is 106 Å². The zero-order valence-electron chi connectivity index (χ0n) is 11.6. The van der Waals surface area contributed by atoms with Gasteiger partial charge < -0.3 is 5.32 Å². The molecule has 3 heteroatoms. The molecule has 0 saturated heterocycles. The van der Waals surface area contributed by atoms with Crippen molar-refractivity contribution in [3.8, 4) is 0 Å². The fourth-order valence-electron chi connectivity index (χ4n) is 2.01. The van der Waals surface area contributed by atoms with Crippen molar-refractivity contribution in [2.45, 2.75) is 58.4 Å². The number of aromatic nitrogens is 2. The predicted octanol–water partition coefficient (Wildman–Crippen LogP) is 3.43. The molecule has 0 aliphatic heterocycles. The second-order valence-electron chi connectivity index (χ2n) is 4.89. The van der Waals surface area contributed by atoms with Crippen LogP contribution in [0.5, 0.6) is 0 Å². The molecule has 1 aromatic rings. The highest BCUT2D eigenvalue weighted by molar-refractivity contribution is 5.08. The number of aryl methyl sites for hydroxylation is 1. The molecule has 98 valence electrons. The summed E-state index contributed by atoms with van der Waals surface area (Å²) in [6, 6.07) is 0.416. The van der Waals surface area contributed by atoms with Gasteiger partial charge in [-0.25, -0.2) is 0 Å². The highest BCUT2D eigenvalue weighted by atomic mass is 15.2. The summed E-state index contributed by atoms with van der Waals surface area (Å²) >= 11 is 0. The predicted molar refractivity (Wildman–Crippen MR) is 73.0 cm³/mol. The summed E-state index contributed by atoms with van der Waals surface area (Å²) < 4.78 is 1.86. The molecule has 1 atom stereocenters. The van der Waals surface area contributed by atoms with Gasteiger partial charge in [-0.3, -0.25) is 4.68 Å². The quantitative estimate of drug-likeness (QED) is 0.667. The van der Waals surface area contributed by atoms with Gasteiger partial charge in [-0.2, -0.15) is 5.10 Å². The van der Waals surface area contributed by atoms with Gasteiger partial charge in [-0.15, -0.1) is 0 Å². The summed E-state index contributed by atoms with van der Waals surface area (Å²) in [5.74, 6) is 0. The molecule has 0 saturated carbocycles. The van der Waals surface area contributed by atoms with E-state index in [9.17, 15) is 0 Å². The zero-order chi connectivity index (χ0) is 12.5. The minimum Gasteiger partial charge on any atom is -0.310 e. The third-order valence-electron chi connectivity index (χ3n) is 3.21. The maximum absolute atomic E-state index is 4.19. The second kappa shape index (κ2) is 8.29. The third-order valence-corrected chi connectivity index (χ3v) is 3.21. The molecule has 0 amide bonds. The molecule has 0 bridgehead atoms. The number of hydrogen-bond donors (Lipinski definition) is 1. The Balaban J connectivity index is 2.03. The average Bonchev–Trinajstić information content (AvgIpc) is 2.74. The Morgan fingerprint density at radius 2 is 1.94 bits per heavy atom. The molecule has 0 aromatic carbocycles. The lowest BCUT2D eigenvalue weighted by Crippen LogP contribution is -2.19. The van der Waals surface area contributed by atoms with Crippen LogP contribution in [0.4, 0.5) is 0 Å². The van der Waals surface area contributed by atoms with Gasteiger partial charge in [0.2, 0.25) is 0 Å². The first-order chi connectivity index (χ1) is 8.24. The van der Waals surface area contributed by atoms with E-state index in [2.05, 4.69) is 30.5 Å². The van der Waals surface area contributed by atoms with Crippen molar-refractivity contribution in [2.75, 3.05) is 6.54 Å². The molecule has 0 spiro atoms. The van der Waals surface area contributed by atoms with E-state index in [0.29, 0.717) is 6.04 Å². The standard InChI is InChI=1S/C14H27N3/c1-4-5-6-7-8-9-10-15-13(2)14-11-16-17(3)12-14/h11-13,15H,4-10H2,1-3H3. The Morgan fingerprint density at radius 3 is 2.59 bits per heavy atom. The number of nitrogens with one attached hydrogen (secondary N) is 1. The van der Waals surface area contributed by atoms with Crippen molar-refractivity contribution in [3.63, 3.8) is 0 Å². The van der Waals surface area contributed by atoms with Crippen LogP contribution in [-0.2, 0) is 7.05 Å². The van der Waals surface area contributed by atoms with Crippen LogP contribution in [0.1, 0.15) is 64.0 Å². The van der Waals surface area contributed by atoms with Crippen molar-refractivity contribution >= 4 is 0 Å². The first kappa shape index (κ1) is 14.2. The monoisotopic (exact) mass is 237 g/mol. The van der Waals surface area contributed by atoms with Crippen LogP contribution in [0.2, 0.25) is 0 Å². The minimum absolute atomic E-state index is 0.416. The molecular formula is C14H27N3. The molecule has 1 N–H and O–H groups in total. The van der Waals surface area contributed by atoms with E-state index in [0.717, 1.165) is 6.54 Å². The van der Waals surface area contributed by atoms with Crippen molar-refractivity contribution in [1.82, 2.24) is 15.1 Å². The van der Waals surface area contributed by atoms with E-state index in [1.165, 1.54) is 44.1 Å². The molecule has 1 unspecified atom stereocenters. The number of rotatable bonds is 9. The molecule has 1 aromatic heterocycles. The summed E-state index contributed by atoms with van der Waals surface area (Å²) in [6.45, 7) is 5.58. The molecule has 1 heterocycles. The van der Waals surface area contributed by atoms with Crippen LogP contribution in [0, 0.1) is 0 Å². The number of nitrogens with zero attached hydrogens (tertiary/aromatic N) is 2. The van der Waals surface area contributed by atoms with Crippen LogP contribution >= 0.6 is 0 Å². The van der Waals surface area contributed by atoms with Gasteiger partial charge in [0.25, 0.3) is 0 Å². The van der Waals surface area contributed by atoms with Crippen molar-refractivity contribution in [3.05, 3.63) is 18.0 Å². The van der Waals surface area contributed by atoms with Crippen LogP contribution in [0.25, 0.3) is 0 Å². The lowest BCUT2D eigenvalue weighted by atomic mass is 10.1. The largest absolute Gasteiger partial charge is 0.310 e. The Morgan fingerprint density at radius 1 is 1.24 bits per heavy atom. The molecule has 17 heavy (non-hydrogen) atoms. The third kappa shape index (κ3) is 5.87. The van der Waals surface area contributed by atoms with E-state index in [4.69, 9.17) is 0 Å².